The van der Waals surface area contributed by atoms with Crippen LogP contribution in [-0.4, -0.2) is 256 Å². The Hall–Kier alpha value is -1.45. The third kappa shape index (κ3) is 10.7. The van der Waals surface area contributed by atoms with E-state index in [-0.39, 0.29) is 0 Å². The smallest absolute Gasteiger partial charge is 0.217 e. The van der Waals surface area contributed by atoms with Crippen LogP contribution in [0.15, 0.2) is 0 Å². The number of amides is 1. The van der Waals surface area contributed by atoms with E-state index in [1.54, 1.807) is 0 Å². The Morgan fingerprint density at radius 3 is 1.47 bits per heavy atom. The molecule has 4 saturated heterocycles. The van der Waals surface area contributed by atoms with Crippen LogP contribution in [0.4, 0.5) is 0 Å². The molecule has 4 rings (SSSR count). The maximum absolute atomic E-state index is 12.1. The summed E-state index contributed by atoms with van der Waals surface area (Å²) in [5.74, 6) is -0.765. The molecule has 0 aromatic heterocycles. The Morgan fingerprint density at radius 1 is 0.544 bits per heavy atom. The number of carbonyl (C=O) groups excluding carboxylic acids is 1. The molecular formula is C32H57NO24. The van der Waals surface area contributed by atoms with E-state index in [1.807, 2.05) is 0 Å². The first kappa shape index (κ1) is 48.2. The van der Waals surface area contributed by atoms with Crippen LogP contribution in [0, 0.1) is 0 Å². The van der Waals surface area contributed by atoms with Gasteiger partial charge in [-0.2, -0.15) is 0 Å². The average Bonchev–Trinajstić information content (AvgIpc) is 3.18. The van der Waals surface area contributed by atoms with Gasteiger partial charge in [0.15, 0.2) is 25.2 Å². The Labute approximate surface area is 325 Å². The summed E-state index contributed by atoms with van der Waals surface area (Å²) in [7, 11) is 0. The zero-order valence-corrected chi connectivity index (χ0v) is 31.1. The fourth-order valence-electron chi connectivity index (χ4n) is 6.89. The molecule has 1 amide bonds. The van der Waals surface area contributed by atoms with Gasteiger partial charge >= 0.3 is 0 Å². The summed E-state index contributed by atoms with van der Waals surface area (Å²) in [4.78, 5) is 12.1. The van der Waals surface area contributed by atoms with E-state index in [2.05, 4.69) is 5.32 Å². The first-order chi connectivity index (χ1) is 26.8. The average molecular weight is 840 g/mol. The number of aliphatic hydroxyl groups excluding tert-OH is 15. The van der Waals surface area contributed by atoms with Gasteiger partial charge in [-0.15, -0.1) is 0 Å². The third-order valence-electron chi connectivity index (χ3n) is 10.3. The normalized spacial score (nSPS) is 46.5. The van der Waals surface area contributed by atoms with Gasteiger partial charge in [0.2, 0.25) is 5.91 Å². The second kappa shape index (κ2) is 20.9. The van der Waals surface area contributed by atoms with E-state index in [0.717, 1.165) is 6.92 Å². The van der Waals surface area contributed by atoms with Crippen molar-refractivity contribution in [3.63, 3.8) is 0 Å². The monoisotopic (exact) mass is 839 g/mol. The van der Waals surface area contributed by atoms with Crippen molar-refractivity contribution in [3.8, 4) is 0 Å². The highest BCUT2D eigenvalue weighted by Crippen LogP contribution is 2.36. The van der Waals surface area contributed by atoms with E-state index >= 15 is 0 Å². The molecule has 25 heteroatoms. The van der Waals surface area contributed by atoms with Crippen molar-refractivity contribution in [1.29, 1.82) is 0 Å². The molecule has 0 aromatic rings. The lowest BCUT2D eigenvalue weighted by molar-refractivity contribution is -0.397. The van der Waals surface area contributed by atoms with Gasteiger partial charge in [0.05, 0.1) is 38.6 Å². The van der Waals surface area contributed by atoms with E-state index in [0.29, 0.717) is 0 Å². The minimum absolute atomic E-state index is 0.765. The van der Waals surface area contributed by atoms with Gasteiger partial charge in [-0.05, 0) is 13.8 Å². The summed E-state index contributed by atoms with van der Waals surface area (Å²) >= 11 is 0. The summed E-state index contributed by atoms with van der Waals surface area (Å²) in [5.41, 5.74) is 0. The van der Waals surface area contributed by atoms with Crippen molar-refractivity contribution < 1.29 is 119 Å². The molecule has 4 fully saturated rings. The zero-order chi connectivity index (χ0) is 42.6. The minimum atomic E-state index is -2.13. The highest BCUT2D eigenvalue weighted by Gasteiger charge is 2.56. The molecule has 0 saturated carbocycles. The van der Waals surface area contributed by atoms with Crippen molar-refractivity contribution in [1.82, 2.24) is 5.32 Å². The summed E-state index contributed by atoms with van der Waals surface area (Å²) in [6.45, 7) is -0.568. The molecule has 0 bridgehead atoms. The predicted octanol–water partition coefficient (Wildman–Crippen LogP) is -10.1. The van der Waals surface area contributed by atoms with Crippen molar-refractivity contribution in [2.75, 3.05) is 26.4 Å². The van der Waals surface area contributed by atoms with E-state index in [4.69, 9.17) is 37.9 Å². The Bertz CT molecular complexity index is 1240. The quantitative estimate of drug-likeness (QED) is 0.0686. The number of hydrogen-bond donors (Lipinski definition) is 16. The van der Waals surface area contributed by atoms with Gasteiger partial charge in [0, 0.05) is 6.92 Å². The number of nitrogens with one attached hydrogen (secondary N) is 1. The highest BCUT2D eigenvalue weighted by molar-refractivity contribution is 5.73. The lowest BCUT2D eigenvalue weighted by Crippen LogP contribution is -2.69. The molecule has 4 aliphatic rings. The molecule has 0 aromatic carbocycles. The molecule has 16 N–H and O–H groups in total. The maximum atomic E-state index is 12.1. The Balaban J connectivity index is 1.79. The lowest BCUT2D eigenvalue weighted by atomic mass is 9.95. The van der Waals surface area contributed by atoms with Crippen LogP contribution in [0.5, 0.6) is 0 Å². The Kier molecular flexibility index (Phi) is 17.7. The lowest BCUT2D eigenvalue weighted by Gasteiger charge is -2.50. The number of hydrogen-bond acceptors (Lipinski definition) is 24. The van der Waals surface area contributed by atoms with Crippen LogP contribution in [0.1, 0.15) is 20.8 Å². The second-order valence-corrected chi connectivity index (χ2v) is 14.4. The van der Waals surface area contributed by atoms with E-state index < -0.39 is 180 Å². The molecule has 24 atom stereocenters. The number of aliphatic hydroxyl groups is 15. The molecule has 4 aliphatic heterocycles. The third-order valence-corrected chi connectivity index (χ3v) is 10.3. The first-order valence-electron chi connectivity index (χ1n) is 18.2. The second-order valence-electron chi connectivity index (χ2n) is 14.4. The maximum Gasteiger partial charge on any atom is 0.217 e. The molecule has 0 aliphatic carbocycles. The van der Waals surface area contributed by atoms with Gasteiger partial charge in [0.25, 0.3) is 0 Å². The number of ether oxygens (including phenoxy) is 8. The molecular weight excluding hydrogens is 782 g/mol. The predicted molar refractivity (Wildman–Crippen MR) is 178 cm³/mol. The SMILES string of the molecule is CC(=O)N[C@H]1[C@@H](O[C@H]2[C@@H](O)[C@@H](CO)O[C@@H](O[C@@H]([C@H](O[C@@H]3O[C@@H](C)[C@@H](O)[C@@H](O)[C@@H]3O)[C@@H](O)CO)[C@H](O)CO)[C@@H]2O[C@@H]2O[C@@H](C)[C@@H](O)[C@@H](O)[C@@H]2O)O[C@H](CO)[C@H](O)[C@@H]1O. The van der Waals surface area contributed by atoms with Gasteiger partial charge < -0.3 is 120 Å². The number of rotatable bonds is 16. The van der Waals surface area contributed by atoms with E-state index in [9.17, 15) is 81.4 Å². The van der Waals surface area contributed by atoms with Gasteiger partial charge in [0.1, 0.15) is 110 Å². The van der Waals surface area contributed by atoms with Gasteiger partial charge in [-0.1, -0.05) is 0 Å². The Morgan fingerprint density at radius 2 is 0.982 bits per heavy atom. The first-order valence-corrected chi connectivity index (χ1v) is 18.2. The fraction of sp³-hybridized carbons (Fsp3) is 0.969. The van der Waals surface area contributed by atoms with Gasteiger partial charge in [-0.3, -0.25) is 4.79 Å². The summed E-state index contributed by atoms with van der Waals surface area (Å²) in [6, 6.07) is -1.63. The summed E-state index contributed by atoms with van der Waals surface area (Å²) in [6.07, 6.45) is -42.5. The fourth-order valence-corrected chi connectivity index (χ4v) is 6.89. The van der Waals surface area contributed by atoms with E-state index in [1.165, 1.54) is 13.8 Å². The molecule has 334 valence electrons. The minimum Gasteiger partial charge on any atom is -0.394 e. The van der Waals surface area contributed by atoms with Crippen molar-refractivity contribution in [2.24, 2.45) is 0 Å². The van der Waals surface area contributed by atoms with Crippen LogP contribution < -0.4 is 5.32 Å². The summed E-state index contributed by atoms with van der Waals surface area (Å²) < 4.78 is 46.2. The molecule has 25 nitrogen and oxygen atoms in total. The van der Waals surface area contributed by atoms with Gasteiger partial charge in [-0.25, -0.2) is 0 Å². The molecule has 0 radical (unpaired) electrons. The molecule has 57 heavy (non-hydrogen) atoms. The van der Waals surface area contributed by atoms with Crippen LogP contribution in [-0.2, 0) is 42.7 Å². The topological polar surface area (TPSA) is 406 Å². The zero-order valence-electron chi connectivity index (χ0n) is 31.1. The molecule has 0 spiro atoms. The van der Waals surface area contributed by atoms with Crippen LogP contribution in [0.25, 0.3) is 0 Å². The van der Waals surface area contributed by atoms with Crippen molar-refractivity contribution >= 4 is 5.91 Å². The molecule has 0 unspecified atom stereocenters. The van der Waals surface area contributed by atoms with Crippen LogP contribution in [0.2, 0.25) is 0 Å². The standard InChI is InChI=1S/C32H57NO24/c1-8-16(41)21(46)23(48)30(50-8)54-25(11(39)4-34)26(12(40)5-35)55-32-28(57-31-24(49)22(47)17(42)9(2)51-31)27(19(44)14(7-37)53-32)56-29-15(33-10(3)38)20(45)18(43)13(6-36)52-29/h8-9,11-32,34-37,39-49H,4-7H2,1-3H3,(H,33,38)/t8-,9-,11-,12+,13+,14+,15+,16+,17+,18-,19-,20+,21+,22+,23-,24-,25+,26+,27-,28+,29+,30-,31-,32-/m0/s1. The largest absolute Gasteiger partial charge is 0.394 e. The number of carbonyl (C=O) groups is 1. The van der Waals surface area contributed by atoms with Crippen molar-refractivity contribution in [2.45, 2.75) is 168 Å². The van der Waals surface area contributed by atoms with Crippen LogP contribution >= 0.6 is 0 Å². The summed E-state index contributed by atoms with van der Waals surface area (Å²) in [5, 5.41) is 160. The molecule has 4 heterocycles. The van der Waals surface area contributed by atoms with Crippen molar-refractivity contribution in [3.05, 3.63) is 0 Å². The van der Waals surface area contributed by atoms with Crippen LogP contribution in [0.3, 0.4) is 0 Å². The highest BCUT2D eigenvalue weighted by atomic mass is 16.8.